The minimum absolute atomic E-state index is 0.217. The summed E-state index contributed by atoms with van der Waals surface area (Å²) >= 11 is 0. The molecule has 0 atom stereocenters. The van der Waals surface area contributed by atoms with Gasteiger partial charge in [0.1, 0.15) is 5.75 Å². The van der Waals surface area contributed by atoms with Gasteiger partial charge < -0.3 is 9.67 Å². The Balaban J connectivity index is 1.71. The number of fused-ring (bicyclic) bond motifs is 1. The van der Waals surface area contributed by atoms with Crippen molar-refractivity contribution in [1.82, 2.24) is 4.57 Å². The molecule has 3 aromatic carbocycles. The number of aromatic nitrogens is 1. The lowest BCUT2D eigenvalue weighted by Crippen LogP contribution is -1.97. The zero-order chi connectivity index (χ0) is 16.4. The first-order valence-electron chi connectivity index (χ1n) is 7.79. The highest BCUT2D eigenvalue weighted by Crippen LogP contribution is 2.21. The fourth-order valence-electron chi connectivity index (χ4n) is 2.77. The smallest absolute Gasteiger partial charge is 0.117 e. The zero-order valence-corrected chi connectivity index (χ0v) is 13.0. The van der Waals surface area contributed by atoms with Crippen molar-refractivity contribution in [1.29, 1.82) is 0 Å². The van der Waals surface area contributed by atoms with Crippen molar-refractivity contribution in [2.45, 2.75) is 0 Å². The maximum atomic E-state index is 9.52. The van der Waals surface area contributed by atoms with Gasteiger partial charge in [-0.1, -0.05) is 36.4 Å². The van der Waals surface area contributed by atoms with Crippen LogP contribution in [0.2, 0.25) is 0 Å². The molecule has 1 aromatic heterocycles. The number of aliphatic imine (C=N–C) groups is 1. The van der Waals surface area contributed by atoms with Crippen molar-refractivity contribution >= 4 is 22.7 Å². The molecular formula is C21H16N2O. The molecule has 0 aliphatic carbocycles. The normalized spacial score (nSPS) is 11.3. The van der Waals surface area contributed by atoms with Crippen LogP contribution in [-0.4, -0.2) is 15.9 Å². The first-order chi connectivity index (χ1) is 11.8. The van der Waals surface area contributed by atoms with Gasteiger partial charge in [-0.3, -0.25) is 4.99 Å². The van der Waals surface area contributed by atoms with Gasteiger partial charge in [0.05, 0.1) is 17.6 Å². The van der Waals surface area contributed by atoms with Crippen LogP contribution in [0.15, 0.2) is 90.1 Å². The van der Waals surface area contributed by atoms with E-state index in [9.17, 15) is 5.11 Å². The van der Waals surface area contributed by atoms with Crippen LogP contribution < -0.4 is 0 Å². The van der Waals surface area contributed by atoms with E-state index in [1.807, 2.05) is 42.7 Å². The van der Waals surface area contributed by atoms with Crippen molar-refractivity contribution in [3.63, 3.8) is 0 Å². The summed E-state index contributed by atoms with van der Waals surface area (Å²) in [6.07, 6.45) is 3.83. The van der Waals surface area contributed by atoms with Crippen LogP contribution in [0.4, 0.5) is 5.69 Å². The molecule has 3 heteroatoms. The van der Waals surface area contributed by atoms with Crippen LogP contribution >= 0.6 is 0 Å². The van der Waals surface area contributed by atoms with Gasteiger partial charge in [-0.15, -0.1) is 0 Å². The van der Waals surface area contributed by atoms with E-state index in [1.165, 1.54) is 10.8 Å². The molecule has 24 heavy (non-hydrogen) atoms. The first kappa shape index (κ1) is 14.3. The molecule has 0 bridgehead atoms. The Bertz CT molecular complexity index is 1030. The van der Waals surface area contributed by atoms with Crippen LogP contribution in [0.25, 0.3) is 16.5 Å². The number of aromatic hydroxyl groups is 1. The lowest BCUT2D eigenvalue weighted by molar-refractivity contribution is 0.475. The molecule has 116 valence electrons. The van der Waals surface area contributed by atoms with Crippen molar-refractivity contribution in [2.24, 2.45) is 4.99 Å². The zero-order valence-electron chi connectivity index (χ0n) is 13.0. The third-order valence-electron chi connectivity index (χ3n) is 3.97. The fourth-order valence-corrected chi connectivity index (χ4v) is 2.77. The molecule has 0 spiro atoms. The highest BCUT2D eigenvalue weighted by Gasteiger charge is 2.02. The Morgan fingerprint density at radius 2 is 1.67 bits per heavy atom. The summed E-state index contributed by atoms with van der Waals surface area (Å²) in [6.45, 7) is 0. The summed E-state index contributed by atoms with van der Waals surface area (Å²) in [5.74, 6) is 0.217. The number of phenolic OH excluding ortho intramolecular Hbond substituents is 1. The second-order valence-corrected chi connectivity index (χ2v) is 5.61. The van der Waals surface area contributed by atoms with Gasteiger partial charge in [-0.2, -0.15) is 0 Å². The molecular weight excluding hydrogens is 296 g/mol. The summed E-state index contributed by atoms with van der Waals surface area (Å²) < 4.78 is 2.10. The van der Waals surface area contributed by atoms with Gasteiger partial charge in [-0.05, 0) is 47.2 Å². The molecule has 1 heterocycles. The van der Waals surface area contributed by atoms with E-state index in [4.69, 9.17) is 0 Å². The largest absolute Gasteiger partial charge is 0.508 e. The molecule has 0 saturated carbocycles. The summed E-state index contributed by atoms with van der Waals surface area (Å²) in [5, 5.41) is 12.0. The van der Waals surface area contributed by atoms with Gasteiger partial charge in [-0.25, -0.2) is 0 Å². The highest BCUT2D eigenvalue weighted by atomic mass is 16.3. The second-order valence-electron chi connectivity index (χ2n) is 5.61. The molecule has 0 fully saturated rings. The fraction of sp³-hybridized carbons (Fsp3) is 0. The standard InChI is InChI=1S/C21H16N2O/c24-21-9-3-7-18(14-21)22-15-20-8-4-12-23(20)19-11-10-16-5-1-2-6-17(16)13-19/h1-15,24H. The van der Waals surface area contributed by atoms with Crippen LogP contribution in [0, 0.1) is 0 Å². The van der Waals surface area contributed by atoms with Crippen LogP contribution in [0.5, 0.6) is 5.75 Å². The molecule has 4 aromatic rings. The number of rotatable bonds is 3. The minimum atomic E-state index is 0.217. The van der Waals surface area contributed by atoms with E-state index in [2.05, 4.69) is 39.9 Å². The molecule has 1 N–H and O–H groups in total. The van der Waals surface area contributed by atoms with E-state index in [0.29, 0.717) is 0 Å². The molecule has 0 aliphatic rings. The first-order valence-corrected chi connectivity index (χ1v) is 7.79. The van der Waals surface area contributed by atoms with Crippen molar-refractivity contribution < 1.29 is 5.11 Å². The average molecular weight is 312 g/mol. The molecule has 0 amide bonds. The highest BCUT2D eigenvalue weighted by molar-refractivity contribution is 5.86. The van der Waals surface area contributed by atoms with Gasteiger partial charge in [0, 0.05) is 18.0 Å². The SMILES string of the molecule is Oc1cccc(N=Cc2cccn2-c2ccc3ccccc3c2)c1. The summed E-state index contributed by atoms with van der Waals surface area (Å²) in [6, 6.07) is 25.6. The quantitative estimate of drug-likeness (QED) is 0.526. The van der Waals surface area contributed by atoms with E-state index < -0.39 is 0 Å². The lowest BCUT2D eigenvalue weighted by atomic mass is 10.1. The molecule has 0 unspecified atom stereocenters. The van der Waals surface area contributed by atoms with Crippen LogP contribution in [-0.2, 0) is 0 Å². The van der Waals surface area contributed by atoms with Gasteiger partial charge >= 0.3 is 0 Å². The second kappa shape index (κ2) is 6.05. The third kappa shape index (κ3) is 2.79. The van der Waals surface area contributed by atoms with Crippen molar-refractivity contribution in [3.05, 3.63) is 90.8 Å². The van der Waals surface area contributed by atoms with Gasteiger partial charge in [0.15, 0.2) is 0 Å². The molecule has 4 rings (SSSR count). The Kier molecular flexibility index (Phi) is 3.60. The molecule has 0 radical (unpaired) electrons. The third-order valence-corrected chi connectivity index (χ3v) is 3.97. The maximum Gasteiger partial charge on any atom is 0.117 e. The summed E-state index contributed by atoms with van der Waals surface area (Å²) in [7, 11) is 0. The Labute approximate surface area is 140 Å². The Morgan fingerprint density at radius 1 is 0.792 bits per heavy atom. The average Bonchev–Trinajstić information content (AvgIpc) is 3.08. The minimum Gasteiger partial charge on any atom is -0.508 e. The number of benzene rings is 3. The van der Waals surface area contributed by atoms with Crippen LogP contribution in [0.1, 0.15) is 5.69 Å². The molecule has 0 aliphatic heterocycles. The topological polar surface area (TPSA) is 37.5 Å². The van der Waals surface area contributed by atoms with E-state index >= 15 is 0 Å². The summed E-state index contributed by atoms with van der Waals surface area (Å²) in [4.78, 5) is 4.45. The van der Waals surface area contributed by atoms with Gasteiger partial charge in [0.25, 0.3) is 0 Å². The Hall–Kier alpha value is -3.33. The van der Waals surface area contributed by atoms with E-state index in [1.54, 1.807) is 18.2 Å². The monoisotopic (exact) mass is 312 g/mol. The van der Waals surface area contributed by atoms with E-state index in [0.717, 1.165) is 17.1 Å². The number of hydrogen-bond acceptors (Lipinski definition) is 2. The van der Waals surface area contributed by atoms with Gasteiger partial charge in [0.2, 0.25) is 0 Å². The molecule has 3 nitrogen and oxygen atoms in total. The van der Waals surface area contributed by atoms with E-state index in [-0.39, 0.29) is 5.75 Å². The number of phenols is 1. The Morgan fingerprint density at radius 3 is 2.54 bits per heavy atom. The number of nitrogens with zero attached hydrogens (tertiary/aromatic N) is 2. The lowest BCUT2D eigenvalue weighted by Gasteiger charge is -2.08. The van der Waals surface area contributed by atoms with Crippen molar-refractivity contribution in [2.75, 3.05) is 0 Å². The maximum absolute atomic E-state index is 9.52. The predicted molar refractivity (Wildman–Crippen MR) is 98.6 cm³/mol. The summed E-state index contributed by atoms with van der Waals surface area (Å²) in [5.41, 5.74) is 2.80. The molecule has 0 saturated heterocycles. The predicted octanol–water partition coefficient (Wildman–Crippen LogP) is 5.09. The number of hydrogen-bond donors (Lipinski definition) is 1. The van der Waals surface area contributed by atoms with Crippen molar-refractivity contribution in [3.8, 4) is 11.4 Å². The van der Waals surface area contributed by atoms with Crippen LogP contribution in [0.3, 0.4) is 0 Å².